The topological polar surface area (TPSA) is 163 Å². The Kier molecular flexibility index (Phi) is 4.17. The van der Waals surface area contributed by atoms with Crippen LogP contribution in [-0.4, -0.2) is 30.2 Å². The number of nitrogens with one attached hydrogen (secondary N) is 1. The summed E-state index contributed by atoms with van der Waals surface area (Å²) in [6, 6.07) is 5.93. The molecule has 0 radical (unpaired) electrons. The Balaban J connectivity index is 2.53. The highest BCUT2D eigenvalue weighted by Gasteiger charge is 2.32. The summed E-state index contributed by atoms with van der Waals surface area (Å²) in [5, 5.41) is 50.2. The molecule has 0 saturated carbocycles. The van der Waals surface area contributed by atoms with Gasteiger partial charge in [0.05, 0.1) is 21.1 Å². The minimum absolute atomic E-state index is 0.0258. The summed E-state index contributed by atoms with van der Waals surface area (Å²) in [5.41, 5.74) is -1.83. The molecule has 0 amide bonds. The number of para-hydroxylation sites is 1. The van der Waals surface area contributed by atoms with Gasteiger partial charge in [0.2, 0.25) is 0 Å². The Bertz CT molecular complexity index is 725. The van der Waals surface area contributed by atoms with Gasteiger partial charge in [-0.05, 0) is 18.2 Å². The molecule has 1 aromatic heterocycles. The molecular weight excluding hydrogens is 298 g/mol. The molecule has 4 N–H and O–H groups in total. The van der Waals surface area contributed by atoms with Crippen LogP contribution in [0.4, 0.5) is 11.4 Å². The van der Waals surface area contributed by atoms with Gasteiger partial charge in [-0.25, -0.2) is 0 Å². The molecule has 10 nitrogen and oxygen atoms in total. The molecule has 0 fully saturated rings. The molecule has 22 heavy (non-hydrogen) atoms. The maximum Gasteiger partial charge on any atom is 0.352 e. The van der Waals surface area contributed by atoms with Crippen molar-refractivity contribution in [2.45, 2.75) is 12.4 Å². The van der Waals surface area contributed by atoms with Crippen molar-refractivity contribution in [3.8, 4) is 0 Å². The Morgan fingerprint density at radius 1 is 0.955 bits per heavy atom. The number of aliphatic hydroxyl groups excluding tert-OH is 2. The van der Waals surface area contributed by atoms with Crippen LogP contribution < -0.4 is 0 Å². The standard InChI is InChI=1S/C12H11N3O7/c16-11(7-4-5-8(13-7)12(17)18)6-2-1-3-9(14(19)20)10(6)15(21)22/h1-5,11-13,16-18H. The maximum atomic E-state index is 11.1. The minimum atomic E-state index is -1.80. The van der Waals surface area contributed by atoms with E-state index in [9.17, 15) is 25.3 Å². The minimum Gasteiger partial charge on any atom is -0.382 e. The highest BCUT2D eigenvalue weighted by molar-refractivity contribution is 5.59. The summed E-state index contributed by atoms with van der Waals surface area (Å²) in [6.45, 7) is 0. The summed E-state index contributed by atoms with van der Waals surface area (Å²) < 4.78 is 0. The Labute approximate surface area is 122 Å². The van der Waals surface area contributed by atoms with E-state index in [0.717, 1.165) is 6.07 Å². The van der Waals surface area contributed by atoms with Gasteiger partial charge in [0, 0.05) is 11.8 Å². The van der Waals surface area contributed by atoms with E-state index in [1.165, 1.54) is 24.3 Å². The van der Waals surface area contributed by atoms with Gasteiger partial charge in [-0.1, -0.05) is 6.07 Å². The number of H-pyrrole nitrogens is 1. The molecular formula is C12H11N3O7. The van der Waals surface area contributed by atoms with Gasteiger partial charge in [0.15, 0.2) is 6.29 Å². The van der Waals surface area contributed by atoms with Crippen LogP contribution in [-0.2, 0) is 0 Å². The van der Waals surface area contributed by atoms with Crippen LogP contribution in [0.1, 0.15) is 29.3 Å². The van der Waals surface area contributed by atoms with Crippen LogP contribution in [0.5, 0.6) is 0 Å². The highest BCUT2D eigenvalue weighted by Crippen LogP contribution is 2.36. The van der Waals surface area contributed by atoms with Gasteiger partial charge in [-0.15, -0.1) is 0 Å². The van der Waals surface area contributed by atoms with E-state index in [4.69, 9.17) is 10.2 Å². The number of aromatic nitrogens is 1. The Morgan fingerprint density at radius 2 is 1.59 bits per heavy atom. The third kappa shape index (κ3) is 2.79. The molecule has 2 rings (SSSR count). The van der Waals surface area contributed by atoms with Crippen LogP contribution in [0.3, 0.4) is 0 Å². The predicted octanol–water partition coefficient (Wildman–Crippen LogP) is 0.896. The summed E-state index contributed by atoms with van der Waals surface area (Å²) >= 11 is 0. The van der Waals surface area contributed by atoms with E-state index in [2.05, 4.69) is 4.98 Å². The van der Waals surface area contributed by atoms with Crippen molar-refractivity contribution in [2.75, 3.05) is 0 Å². The first kappa shape index (κ1) is 15.6. The second-order valence-electron chi connectivity index (χ2n) is 4.37. The van der Waals surface area contributed by atoms with Crippen LogP contribution in [0.15, 0.2) is 30.3 Å². The van der Waals surface area contributed by atoms with Gasteiger partial charge in [-0.2, -0.15) is 0 Å². The smallest absolute Gasteiger partial charge is 0.352 e. The van der Waals surface area contributed by atoms with Crippen LogP contribution in [0.25, 0.3) is 0 Å². The second-order valence-corrected chi connectivity index (χ2v) is 4.37. The number of nitrogens with zero attached hydrogens (tertiary/aromatic N) is 2. The molecule has 1 heterocycles. The van der Waals surface area contributed by atoms with Crippen molar-refractivity contribution in [1.82, 2.24) is 4.98 Å². The van der Waals surface area contributed by atoms with E-state index in [-0.39, 0.29) is 17.0 Å². The third-order valence-corrected chi connectivity index (χ3v) is 3.02. The van der Waals surface area contributed by atoms with Crippen molar-refractivity contribution in [2.24, 2.45) is 0 Å². The fourth-order valence-electron chi connectivity index (χ4n) is 2.02. The van der Waals surface area contributed by atoms with Crippen molar-refractivity contribution in [1.29, 1.82) is 0 Å². The molecule has 1 atom stereocenters. The zero-order chi connectivity index (χ0) is 16.4. The summed E-state index contributed by atoms with van der Waals surface area (Å²) in [4.78, 5) is 22.6. The number of hydrogen-bond donors (Lipinski definition) is 4. The third-order valence-electron chi connectivity index (χ3n) is 3.02. The van der Waals surface area contributed by atoms with E-state index >= 15 is 0 Å². The molecule has 1 unspecified atom stereocenters. The lowest BCUT2D eigenvalue weighted by atomic mass is 10.0. The summed E-state index contributed by atoms with van der Waals surface area (Å²) in [7, 11) is 0. The summed E-state index contributed by atoms with van der Waals surface area (Å²) in [5.74, 6) is 0. The van der Waals surface area contributed by atoms with E-state index < -0.39 is 33.6 Å². The average Bonchev–Trinajstić information content (AvgIpc) is 2.95. The van der Waals surface area contributed by atoms with Crippen LogP contribution in [0, 0.1) is 20.2 Å². The largest absolute Gasteiger partial charge is 0.382 e. The average molecular weight is 309 g/mol. The molecule has 0 bridgehead atoms. The number of rotatable bonds is 5. The van der Waals surface area contributed by atoms with Crippen molar-refractivity contribution in [3.63, 3.8) is 0 Å². The van der Waals surface area contributed by atoms with Gasteiger partial charge < -0.3 is 20.3 Å². The number of hydrogen-bond acceptors (Lipinski definition) is 7. The van der Waals surface area contributed by atoms with Crippen molar-refractivity contribution < 1.29 is 25.2 Å². The van der Waals surface area contributed by atoms with Gasteiger partial charge >= 0.3 is 11.4 Å². The van der Waals surface area contributed by atoms with Gasteiger partial charge in [0.25, 0.3) is 0 Å². The molecule has 10 heteroatoms. The number of benzene rings is 1. The van der Waals surface area contributed by atoms with Gasteiger partial charge in [-0.3, -0.25) is 20.2 Å². The molecule has 0 aliphatic carbocycles. The first-order valence-electron chi connectivity index (χ1n) is 5.97. The second kappa shape index (κ2) is 5.89. The Hall–Kier alpha value is -2.82. The molecule has 0 aliphatic rings. The summed E-state index contributed by atoms with van der Waals surface area (Å²) in [6.07, 6.45) is -3.37. The zero-order valence-corrected chi connectivity index (χ0v) is 10.9. The lowest BCUT2D eigenvalue weighted by Gasteiger charge is -2.10. The quantitative estimate of drug-likeness (QED) is 0.362. The number of aromatic amines is 1. The molecule has 2 aromatic rings. The van der Waals surface area contributed by atoms with Crippen molar-refractivity contribution in [3.05, 3.63) is 67.5 Å². The molecule has 116 valence electrons. The number of nitro groups is 2. The van der Waals surface area contributed by atoms with E-state index in [1.807, 2.05) is 0 Å². The van der Waals surface area contributed by atoms with Gasteiger partial charge in [0.1, 0.15) is 6.10 Å². The van der Waals surface area contributed by atoms with E-state index in [1.54, 1.807) is 0 Å². The monoisotopic (exact) mass is 309 g/mol. The first-order chi connectivity index (χ1) is 10.3. The molecule has 0 spiro atoms. The lowest BCUT2D eigenvalue weighted by molar-refractivity contribution is -0.423. The fourth-order valence-corrected chi connectivity index (χ4v) is 2.02. The molecule has 0 aliphatic heterocycles. The Morgan fingerprint density at radius 3 is 2.09 bits per heavy atom. The normalized spacial score (nSPS) is 12.4. The fraction of sp³-hybridized carbons (Fsp3) is 0.167. The lowest BCUT2D eigenvalue weighted by Crippen LogP contribution is -2.07. The SMILES string of the molecule is O=[N+]([O-])c1cccc(C(O)c2ccc(C(O)O)[nH]2)c1[N+](=O)[O-]. The highest BCUT2D eigenvalue weighted by atomic mass is 16.6. The molecule has 0 saturated heterocycles. The maximum absolute atomic E-state index is 11.1. The number of aliphatic hydroxyl groups is 3. The number of nitro benzene ring substituents is 2. The zero-order valence-electron chi connectivity index (χ0n) is 10.9. The van der Waals surface area contributed by atoms with E-state index in [0.29, 0.717) is 0 Å². The van der Waals surface area contributed by atoms with Crippen LogP contribution >= 0.6 is 0 Å². The molecule has 1 aromatic carbocycles. The predicted molar refractivity (Wildman–Crippen MR) is 71.8 cm³/mol. The van der Waals surface area contributed by atoms with Crippen molar-refractivity contribution >= 4 is 11.4 Å². The van der Waals surface area contributed by atoms with Crippen LogP contribution in [0.2, 0.25) is 0 Å². The first-order valence-corrected chi connectivity index (χ1v) is 5.97.